The molecule has 0 saturated heterocycles. The molecule has 2 aromatic rings. The number of carbonyl (C=O) groups is 1. The van der Waals surface area contributed by atoms with Gasteiger partial charge in [0.05, 0.1) is 0 Å². The van der Waals surface area contributed by atoms with E-state index >= 15 is 0 Å². The molecular weight excluding hydrogens is 284 g/mol. The van der Waals surface area contributed by atoms with Crippen LogP contribution >= 0.6 is 11.6 Å². The Morgan fingerprint density at radius 2 is 1.75 bits per heavy atom. The first-order valence-corrected chi connectivity index (χ1v) is 6.31. The van der Waals surface area contributed by atoms with E-state index in [1.54, 1.807) is 24.3 Å². The van der Waals surface area contributed by atoms with Gasteiger partial charge in [-0.15, -0.1) is 0 Å². The van der Waals surface area contributed by atoms with Crippen LogP contribution in [-0.2, 0) is 6.54 Å². The lowest BCUT2D eigenvalue weighted by Crippen LogP contribution is -2.28. The first-order valence-electron chi connectivity index (χ1n) is 5.93. The summed E-state index contributed by atoms with van der Waals surface area (Å²) in [6.45, 7) is 0.215. The fraction of sp³-hybridized carbons (Fsp3) is 0.133. The summed E-state index contributed by atoms with van der Waals surface area (Å²) in [4.78, 5) is 13.3. The van der Waals surface area contributed by atoms with Crippen molar-refractivity contribution < 1.29 is 13.6 Å². The van der Waals surface area contributed by atoms with Gasteiger partial charge in [0.15, 0.2) is 0 Å². The molecule has 0 bridgehead atoms. The molecule has 0 atom stereocenters. The molecule has 1 amide bonds. The molecule has 0 heterocycles. The molecule has 0 fully saturated rings. The molecular formula is C15H12ClF2NO. The molecule has 0 N–H and O–H groups in total. The Morgan fingerprint density at radius 1 is 1.15 bits per heavy atom. The molecule has 0 unspecified atom stereocenters. The monoisotopic (exact) mass is 295 g/mol. The van der Waals surface area contributed by atoms with Crippen LogP contribution in [0.4, 0.5) is 8.78 Å². The number of benzene rings is 2. The lowest BCUT2D eigenvalue weighted by molar-refractivity contribution is 0.0775. The zero-order chi connectivity index (χ0) is 14.7. The van der Waals surface area contributed by atoms with Gasteiger partial charge in [0.2, 0.25) is 0 Å². The van der Waals surface area contributed by atoms with Crippen LogP contribution in [0.3, 0.4) is 0 Å². The van der Waals surface area contributed by atoms with Crippen molar-refractivity contribution in [1.29, 1.82) is 0 Å². The second-order valence-electron chi connectivity index (χ2n) is 4.39. The normalized spacial score (nSPS) is 10.4. The van der Waals surface area contributed by atoms with Crippen LogP contribution in [0.5, 0.6) is 0 Å². The van der Waals surface area contributed by atoms with Gasteiger partial charge in [-0.25, -0.2) is 8.78 Å². The standard InChI is InChI=1S/C15H12ClF2NO/c1-19(9-10-4-2-5-11(16)8-10)15(20)14-12(17)6-3-7-13(14)18/h2-8H,9H2,1H3. The van der Waals surface area contributed by atoms with Gasteiger partial charge in [-0.2, -0.15) is 0 Å². The fourth-order valence-electron chi connectivity index (χ4n) is 1.87. The highest BCUT2D eigenvalue weighted by Gasteiger charge is 2.20. The van der Waals surface area contributed by atoms with Gasteiger partial charge in [-0.05, 0) is 29.8 Å². The van der Waals surface area contributed by atoms with Crippen LogP contribution in [0.15, 0.2) is 42.5 Å². The molecule has 104 valence electrons. The first kappa shape index (κ1) is 14.5. The Hall–Kier alpha value is -1.94. The Bertz CT molecular complexity index is 625. The molecule has 0 aliphatic rings. The number of halogens is 3. The van der Waals surface area contributed by atoms with E-state index in [0.29, 0.717) is 5.02 Å². The van der Waals surface area contributed by atoms with Gasteiger partial charge in [0, 0.05) is 18.6 Å². The van der Waals surface area contributed by atoms with Crippen molar-refractivity contribution in [3.8, 4) is 0 Å². The third-order valence-corrected chi connectivity index (χ3v) is 3.07. The minimum atomic E-state index is -0.868. The van der Waals surface area contributed by atoms with Crippen molar-refractivity contribution in [2.45, 2.75) is 6.54 Å². The van der Waals surface area contributed by atoms with Gasteiger partial charge in [-0.1, -0.05) is 29.8 Å². The van der Waals surface area contributed by atoms with Crippen LogP contribution in [0.1, 0.15) is 15.9 Å². The van der Waals surface area contributed by atoms with E-state index in [1.807, 2.05) is 0 Å². The number of amides is 1. The van der Waals surface area contributed by atoms with Crippen LogP contribution in [0.2, 0.25) is 5.02 Å². The summed E-state index contributed by atoms with van der Waals surface area (Å²) < 4.78 is 27.1. The van der Waals surface area contributed by atoms with E-state index in [1.165, 1.54) is 18.0 Å². The van der Waals surface area contributed by atoms with Gasteiger partial charge in [0.1, 0.15) is 17.2 Å². The maximum Gasteiger partial charge on any atom is 0.259 e. The molecule has 0 aromatic heterocycles. The SMILES string of the molecule is CN(Cc1cccc(Cl)c1)C(=O)c1c(F)cccc1F. The highest BCUT2D eigenvalue weighted by Crippen LogP contribution is 2.17. The van der Waals surface area contributed by atoms with Crippen molar-refractivity contribution in [3.63, 3.8) is 0 Å². The van der Waals surface area contributed by atoms with E-state index in [-0.39, 0.29) is 6.54 Å². The lowest BCUT2D eigenvalue weighted by atomic mass is 10.1. The average molecular weight is 296 g/mol. The molecule has 0 aliphatic carbocycles. The maximum atomic E-state index is 13.6. The van der Waals surface area contributed by atoms with Gasteiger partial charge in [-0.3, -0.25) is 4.79 Å². The summed E-state index contributed by atoms with van der Waals surface area (Å²) in [6.07, 6.45) is 0. The second-order valence-corrected chi connectivity index (χ2v) is 4.82. The molecule has 0 aliphatic heterocycles. The summed E-state index contributed by atoms with van der Waals surface area (Å²) in [5, 5.41) is 0.542. The van der Waals surface area contributed by atoms with Gasteiger partial charge in [0.25, 0.3) is 5.91 Å². The summed E-state index contributed by atoms with van der Waals surface area (Å²) in [5.41, 5.74) is 0.238. The molecule has 2 aromatic carbocycles. The van der Waals surface area contributed by atoms with Crippen LogP contribution in [-0.4, -0.2) is 17.9 Å². The lowest BCUT2D eigenvalue weighted by Gasteiger charge is -2.18. The largest absolute Gasteiger partial charge is 0.337 e. The number of hydrogen-bond donors (Lipinski definition) is 0. The molecule has 2 nitrogen and oxygen atoms in total. The smallest absolute Gasteiger partial charge is 0.259 e. The van der Waals surface area contributed by atoms with Crippen molar-refractivity contribution in [3.05, 3.63) is 70.2 Å². The van der Waals surface area contributed by atoms with Gasteiger partial charge >= 0.3 is 0 Å². The number of carbonyl (C=O) groups excluding carboxylic acids is 1. The quantitative estimate of drug-likeness (QED) is 0.841. The number of rotatable bonds is 3. The van der Waals surface area contributed by atoms with E-state index in [0.717, 1.165) is 17.7 Å². The number of hydrogen-bond acceptors (Lipinski definition) is 1. The van der Waals surface area contributed by atoms with Crippen LogP contribution < -0.4 is 0 Å². The minimum absolute atomic E-state index is 0.215. The molecule has 2 rings (SSSR count). The molecule has 5 heteroatoms. The molecule has 0 spiro atoms. The van der Waals surface area contributed by atoms with Crippen molar-refractivity contribution in [2.75, 3.05) is 7.05 Å². The third kappa shape index (κ3) is 3.14. The summed E-state index contributed by atoms with van der Waals surface area (Å²) >= 11 is 5.85. The molecule has 0 radical (unpaired) electrons. The third-order valence-electron chi connectivity index (χ3n) is 2.83. The van der Waals surface area contributed by atoms with E-state index in [9.17, 15) is 13.6 Å². The molecule has 20 heavy (non-hydrogen) atoms. The summed E-state index contributed by atoms with van der Waals surface area (Å²) in [7, 11) is 1.48. The predicted molar refractivity (Wildman–Crippen MR) is 73.6 cm³/mol. The number of nitrogens with zero attached hydrogens (tertiary/aromatic N) is 1. The fourth-order valence-corrected chi connectivity index (χ4v) is 2.09. The maximum absolute atomic E-state index is 13.6. The zero-order valence-electron chi connectivity index (χ0n) is 10.7. The highest BCUT2D eigenvalue weighted by atomic mass is 35.5. The second kappa shape index (κ2) is 6.01. The van der Waals surface area contributed by atoms with Crippen molar-refractivity contribution >= 4 is 17.5 Å². The average Bonchev–Trinajstić information content (AvgIpc) is 2.38. The topological polar surface area (TPSA) is 20.3 Å². The molecule has 0 saturated carbocycles. The zero-order valence-corrected chi connectivity index (χ0v) is 11.5. The Morgan fingerprint density at radius 3 is 2.35 bits per heavy atom. The van der Waals surface area contributed by atoms with Crippen LogP contribution in [0, 0.1) is 11.6 Å². The van der Waals surface area contributed by atoms with Crippen molar-refractivity contribution in [2.24, 2.45) is 0 Å². The van der Waals surface area contributed by atoms with Crippen molar-refractivity contribution in [1.82, 2.24) is 4.90 Å². The minimum Gasteiger partial charge on any atom is -0.337 e. The predicted octanol–water partition coefficient (Wildman–Crippen LogP) is 3.89. The van der Waals surface area contributed by atoms with Crippen LogP contribution in [0.25, 0.3) is 0 Å². The summed E-state index contributed by atoms with van der Waals surface area (Å²) in [6, 6.07) is 10.3. The Balaban J connectivity index is 2.21. The van der Waals surface area contributed by atoms with Gasteiger partial charge < -0.3 is 4.90 Å². The Kier molecular flexibility index (Phi) is 4.35. The highest BCUT2D eigenvalue weighted by molar-refractivity contribution is 6.30. The van der Waals surface area contributed by atoms with E-state index < -0.39 is 23.1 Å². The first-order chi connectivity index (χ1) is 9.49. The summed E-state index contributed by atoms with van der Waals surface area (Å²) in [5.74, 6) is -2.44. The van der Waals surface area contributed by atoms with E-state index in [2.05, 4.69) is 0 Å². The Labute approximate surface area is 120 Å². The van der Waals surface area contributed by atoms with E-state index in [4.69, 9.17) is 11.6 Å².